The van der Waals surface area contributed by atoms with E-state index in [0.717, 1.165) is 12.3 Å². The number of nitrogens with one attached hydrogen (secondary N) is 2. The first kappa shape index (κ1) is 17.6. The molecule has 0 saturated carbocycles. The lowest BCUT2D eigenvalue weighted by Crippen LogP contribution is -2.35. The third-order valence-electron chi connectivity index (χ3n) is 3.46. The fraction of sp³-hybridized carbons (Fsp3) is 0.692. The average Bonchev–Trinajstić information content (AvgIpc) is 2.80. The highest BCUT2D eigenvalue weighted by Gasteiger charge is 2.44. The van der Waals surface area contributed by atoms with Crippen LogP contribution in [0.3, 0.4) is 0 Å². The van der Waals surface area contributed by atoms with Gasteiger partial charge in [-0.25, -0.2) is 4.79 Å². The van der Waals surface area contributed by atoms with Gasteiger partial charge in [-0.1, -0.05) is 28.5 Å². The molecule has 22 heavy (non-hydrogen) atoms. The fourth-order valence-electron chi connectivity index (χ4n) is 2.28. The van der Waals surface area contributed by atoms with Gasteiger partial charge in [0.05, 0.1) is 17.5 Å². The molecule has 3 N–H and O–H groups in total. The van der Waals surface area contributed by atoms with Crippen molar-refractivity contribution in [1.29, 1.82) is 0 Å². The molecule has 0 bridgehead atoms. The number of ether oxygens (including phenoxy) is 1. The van der Waals surface area contributed by atoms with Crippen molar-refractivity contribution in [2.45, 2.75) is 37.0 Å². The summed E-state index contributed by atoms with van der Waals surface area (Å²) in [5.41, 5.74) is -0.966. The molecule has 0 aromatic carbocycles. The van der Waals surface area contributed by atoms with Gasteiger partial charge in [-0.15, -0.1) is 0 Å². The van der Waals surface area contributed by atoms with Gasteiger partial charge >= 0.3 is 5.69 Å². The number of hydrogen-bond donors (Lipinski definition) is 3. The minimum atomic E-state index is -0.652. The summed E-state index contributed by atoms with van der Waals surface area (Å²) in [7, 11) is 5.03. The Balaban J connectivity index is 2.18. The highest BCUT2D eigenvalue weighted by Crippen LogP contribution is 2.42. The van der Waals surface area contributed by atoms with E-state index in [4.69, 9.17) is 4.74 Å². The monoisotopic (exact) mass is 347 g/mol. The van der Waals surface area contributed by atoms with Crippen LogP contribution in [0.4, 0.5) is 0 Å². The fourth-order valence-corrected chi connectivity index (χ4v) is 5.04. The summed E-state index contributed by atoms with van der Waals surface area (Å²) < 4.78 is 7.18. The molecule has 0 amide bonds. The van der Waals surface area contributed by atoms with E-state index in [2.05, 4.69) is 10.3 Å². The second-order valence-corrected chi connectivity index (χ2v) is 7.63. The van der Waals surface area contributed by atoms with Crippen LogP contribution in [0.25, 0.3) is 0 Å². The average molecular weight is 347 g/mol. The van der Waals surface area contributed by atoms with Gasteiger partial charge in [-0.3, -0.25) is 14.3 Å². The van der Waals surface area contributed by atoms with Crippen LogP contribution in [0.1, 0.15) is 19.6 Å². The van der Waals surface area contributed by atoms with E-state index in [1.54, 1.807) is 10.8 Å². The summed E-state index contributed by atoms with van der Waals surface area (Å²) in [4.78, 5) is 25.4. The Kier molecular flexibility index (Phi) is 6.57. The van der Waals surface area contributed by atoms with Crippen LogP contribution in [0.2, 0.25) is 0 Å². The maximum Gasteiger partial charge on any atom is 0.330 e. The number of H-pyrrole nitrogens is 1. The van der Waals surface area contributed by atoms with Gasteiger partial charge < -0.3 is 15.2 Å². The minimum absolute atomic E-state index is 0.268. The van der Waals surface area contributed by atoms with Crippen molar-refractivity contribution >= 4 is 21.6 Å². The molecule has 0 radical (unpaired) electrons. The first-order valence-corrected chi connectivity index (χ1v) is 9.54. The van der Waals surface area contributed by atoms with Crippen molar-refractivity contribution < 1.29 is 9.84 Å². The van der Waals surface area contributed by atoms with E-state index in [1.807, 2.05) is 14.0 Å². The molecule has 1 fully saturated rings. The molecule has 1 aromatic rings. The predicted molar refractivity (Wildman–Crippen MR) is 89.3 cm³/mol. The van der Waals surface area contributed by atoms with Gasteiger partial charge in [-0.05, 0) is 13.5 Å². The molecule has 7 nitrogen and oxygen atoms in total. The van der Waals surface area contributed by atoms with Gasteiger partial charge in [0.15, 0.2) is 6.23 Å². The van der Waals surface area contributed by atoms with Gasteiger partial charge in [-0.2, -0.15) is 0 Å². The summed E-state index contributed by atoms with van der Waals surface area (Å²) in [5, 5.41) is 13.2. The predicted octanol–water partition coefficient (Wildman–Crippen LogP) is 0.174. The number of aromatic nitrogens is 2. The third kappa shape index (κ3) is 3.96. The Morgan fingerprint density at radius 2 is 2.27 bits per heavy atom. The smallest absolute Gasteiger partial charge is 0.330 e. The summed E-state index contributed by atoms with van der Waals surface area (Å²) in [6, 6.07) is 1.28. The highest BCUT2D eigenvalue weighted by atomic mass is 33.1. The number of aliphatic hydroxyl groups excluding tert-OH is 1. The molecule has 0 aliphatic carbocycles. The molecule has 9 heteroatoms. The van der Waals surface area contributed by atoms with Crippen LogP contribution in [0.5, 0.6) is 0 Å². The van der Waals surface area contributed by atoms with Crippen LogP contribution in [0, 0.1) is 0 Å². The molecule has 2 heterocycles. The molecule has 1 aliphatic heterocycles. The molecule has 4 atom stereocenters. The third-order valence-corrected chi connectivity index (χ3v) is 6.27. The molecule has 1 aliphatic rings. The van der Waals surface area contributed by atoms with Crippen molar-refractivity contribution in [3.8, 4) is 0 Å². The largest absolute Gasteiger partial charge is 0.389 e. The SMILES string of the molecule is CC[C@H]1O[C@@H](n2ccc(=O)[nH]c2=O)C(SSCCNC)[C@H]1O. The molecule has 2 rings (SSSR count). The Morgan fingerprint density at radius 3 is 2.91 bits per heavy atom. The first-order chi connectivity index (χ1) is 10.6. The summed E-state index contributed by atoms with van der Waals surface area (Å²) in [6.07, 6.45) is 0.528. The second-order valence-electron chi connectivity index (χ2n) is 4.97. The van der Waals surface area contributed by atoms with Crippen molar-refractivity contribution in [3.63, 3.8) is 0 Å². The minimum Gasteiger partial charge on any atom is -0.389 e. The molecular formula is C13H21N3O4S2. The number of rotatable bonds is 7. The van der Waals surface area contributed by atoms with Crippen molar-refractivity contribution in [2.75, 3.05) is 19.3 Å². The Morgan fingerprint density at radius 1 is 1.50 bits per heavy atom. The maximum absolute atomic E-state index is 12.0. The van der Waals surface area contributed by atoms with Crippen molar-refractivity contribution in [3.05, 3.63) is 33.1 Å². The van der Waals surface area contributed by atoms with E-state index in [-0.39, 0.29) is 11.4 Å². The lowest BCUT2D eigenvalue weighted by Gasteiger charge is -2.20. The molecule has 124 valence electrons. The molecule has 1 unspecified atom stereocenters. The quantitative estimate of drug-likeness (QED) is 0.478. The summed E-state index contributed by atoms with van der Waals surface area (Å²) in [6.45, 7) is 2.80. The van der Waals surface area contributed by atoms with Crippen LogP contribution >= 0.6 is 21.6 Å². The van der Waals surface area contributed by atoms with Crippen molar-refractivity contribution in [2.24, 2.45) is 0 Å². The molecule has 0 spiro atoms. The standard InChI is InChI=1S/C13H21N3O4S2/c1-3-8-10(18)11(22-21-7-5-14-2)12(20-8)16-6-4-9(17)15-13(16)19/h4,6,8,10-12,14,18H,3,5,7H2,1-2H3,(H,15,17,19)/t8-,10+,11?,12-/m1/s1. The zero-order chi connectivity index (χ0) is 16.1. The molecule has 1 saturated heterocycles. The first-order valence-electron chi connectivity index (χ1n) is 7.16. The van der Waals surface area contributed by atoms with E-state index in [9.17, 15) is 14.7 Å². The van der Waals surface area contributed by atoms with Crippen LogP contribution in [0.15, 0.2) is 21.9 Å². The second kappa shape index (κ2) is 8.21. The lowest BCUT2D eigenvalue weighted by atomic mass is 10.1. The number of aromatic amines is 1. The van der Waals surface area contributed by atoms with Gasteiger partial charge in [0.2, 0.25) is 0 Å². The van der Waals surface area contributed by atoms with Crippen LogP contribution < -0.4 is 16.6 Å². The van der Waals surface area contributed by atoms with Crippen molar-refractivity contribution in [1.82, 2.24) is 14.9 Å². The topological polar surface area (TPSA) is 96.4 Å². The zero-order valence-corrected chi connectivity index (χ0v) is 14.2. The molecular weight excluding hydrogens is 326 g/mol. The number of nitrogens with zero attached hydrogens (tertiary/aromatic N) is 1. The van der Waals surface area contributed by atoms with E-state index < -0.39 is 23.6 Å². The van der Waals surface area contributed by atoms with Gasteiger partial charge in [0.1, 0.15) is 0 Å². The molecule has 1 aromatic heterocycles. The Labute approximate surface area is 136 Å². The normalized spacial score (nSPS) is 28.1. The van der Waals surface area contributed by atoms with Crippen LogP contribution in [-0.4, -0.2) is 51.5 Å². The van der Waals surface area contributed by atoms with Gasteiger partial charge in [0.25, 0.3) is 5.56 Å². The lowest BCUT2D eigenvalue weighted by molar-refractivity contribution is -0.0214. The maximum atomic E-state index is 12.0. The van der Waals surface area contributed by atoms with E-state index in [0.29, 0.717) is 6.42 Å². The number of hydrogen-bond acceptors (Lipinski definition) is 7. The van der Waals surface area contributed by atoms with E-state index in [1.165, 1.54) is 27.6 Å². The zero-order valence-electron chi connectivity index (χ0n) is 12.5. The van der Waals surface area contributed by atoms with Crippen LogP contribution in [-0.2, 0) is 4.74 Å². The summed E-state index contributed by atoms with van der Waals surface area (Å²) >= 11 is 0. The van der Waals surface area contributed by atoms with E-state index >= 15 is 0 Å². The summed E-state index contributed by atoms with van der Waals surface area (Å²) in [5.74, 6) is 0.883. The number of aliphatic hydroxyl groups is 1. The Bertz CT molecular complexity index is 591. The highest BCUT2D eigenvalue weighted by molar-refractivity contribution is 8.77. The van der Waals surface area contributed by atoms with Gasteiger partial charge in [0, 0.05) is 24.6 Å². The Hall–Kier alpha value is -0.740.